The number of hydrogen-bond donors (Lipinski definition) is 1. The highest BCUT2D eigenvalue weighted by Crippen LogP contribution is 2.47. The van der Waals surface area contributed by atoms with E-state index in [9.17, 15) is 4.79 Å². The van der Waals surface area contributed by atoms with Crippen LogP contribution in [0.3, 0.4) is 0 Å². The summed E-state index contributed by atoms with van der Waals surface area (Å²) in [4.78, 5) is 11.1. The van der Waals surface area contributed by atoms with Crippen molar-refractivity contribution in [3.05, 3.63) is 76.4 Å². The van der Waals surface area contributed by atoms with Gasteiger partial charge in [0.2, 0.25) is 0 Å². The molecule has 0 unspecified atom stereocenters. The zero-order valence-corrected chi connectivity index (χ0v) is 18.4. The Morgan fingerprint density at radius 1 is 0.893 bits per heavy atom. The molecule has 0 spiro atoms. The average Bonchev–Trinajstić information content (AvgIpc) is 2.66. The fourth-order valence-electron chi connectivity index (χ4n) is 4.02. The smallest absolute Gasteiger partial charge is 0.335 e. The van der Waals surface area contributed by atoms with Crippen LogP contribution < -0.4 is 0 Å². The molecule has 1 aliphatic rings. The van der Waals surface area contributed by atoms with Crippen LogP contribution in [0.2, 0.25) is 0 Å². The van der Waals surface area contributed by atoms with E-state index in [0.717, 1.165) is 16.7 Å². The first-order chi connectivity index (χ1) is 13.0. The van der Waals surface area contributed by atoms with E-state index in [0.29, 0.717) is 5.56 Å². The van der Waals surface area contributed by atoms with Crippen LogP contribution in [-0.2, 0) is 10.8 Å². The van der Waals surface area contributed by atoms with Crippen molar-refractivity contribution in [3.8, 4) is 0 Å². The van der Waals surface area contributed by atoms with Crippen LogP contribution >= 0.6 is 0 Å². The second-order valence-electron chi connectivity index (χ2n) is 8.84. The molecule has 2 heteroatoms. The molecule has 1 aliphatic carbocycles. The zero-order chi connectivity index (χ0) is 21.3. The first-order valence-electron chi connectivity index (χ1n) is 10.2. The maximum absolute atomic E-state index is 11.1. The third-order valence-corrected chi connectivity index (χ3v) is 6.00. The molecule has 2 aromatic carbocycles. The molecule has 0 saturated heterocycles. The number of benzene rings is 2. The first kappa shape index (κ1) is 21.9. The number of carboxylic acid groups (broad SMARTS) is 1. The minimum absolute atomic E-state index is 0.154. The van der Waals surface area contributed by atoms with Crippen LogP contribution in [0.25, 0.3) is 5.57 Å². The fourth-order valence-corrected chi connectivity index (χ4v) is 4.02. The summed E-state index contributed by atoms with van der Waals surface area (Å²) in [5.74, 6) is -0.906. The maximum atomic E-state index is 11.1. The van der Waals surface area contributed by atoms with Crippen LogP contribution in [-0.4, -0.2) is 11.1 Å². The summed E-state index contributed by atoms with van der Waals surface area (Å²) in [6.45, 7) is 19.8. The van der Waals surface area contributed by atoms with Gasteiger partial charge in [0.25, 0.3) is 0 Å². The Labute approximate surface area is 170 Å². The third-order valence-electron chi connectivity index (χ3n) is 6.00. The maximum Gasteiger partial charge on any atom is 0.335 e. The third kappa shape index (κ3) is 4.06. The summed E-state index contributed by atoms with van der Waals surface area (Å²) in [7, 11) is 0. The summed E-state index contributed by atoms with van der Waals surface area (Å²) in [6.07, 6.45) is 2.37. The normalized spacial score (nSPS) is 16.4. The van der Waals surface area contributed by atoms with Crippen molar-refractivity contribution in [3.63, 3.8) is 0 Å². The van der Waals surface area contributed by atoms with Gasteiger partial charge in [0, 0.05) is 0 Å². The van der Waals surface area contributed by atoms with Gasteiger partial charge in [-0.15, -0.1) is 0 Å². The molecule has 0 bridgehead atoms. The molecule has 3 rings (SSSR count). The Bertz CT molecular complexity index is 883. The van der Waals surface area contributed by atoms with Crippen LogP contribution in [0.4, 0.5) is 0 Å². The standard InChI is InChI=1S/C24H28O2.C2H6/c1-15-13-20-21(24(5,6)12-11-23(20,3)4)14-19(15)16(2)17-7-9-18(10-8-17)22(25)26;1-2/h7-10,13-14H,2,11-12H2,1,3-6H3,(H,25,26);1-2H3. The van der Waals surface area contributed by atoms with Gasteiger partial charge in [-0.1, -0.05) is 72.4 Å². The van der Waals surface area contributed by atoms with E-state index in [4.69, 9.17) is 5.11 Å². The van der Waals surface area contributed by atoms with Crippen molar-refractivity contribution in [2.24, 2.45) is 0 Å². The second-order valence-corrected chi connectivity index (χ2v) is 8.84. The SMILES string of the molecule is C=C(c1ccc(C(=O)O)cc1)c1cc2c(cc1C)C(C)(C)CCC2(C)C.CC. The predicted molar refractivity (Wildman–Crippen MR) is 119 cm³/mol. The van der Waals surface area contributed by atoms with Crippen LogP contribution in [0.1, 0.15) is 92.6 Å². The largest absolute Gasteiger partial charge is 0.478 e. The number of aromatic carboxylic acids is 1. The molecule has 0 radical (unpaired) electrons. The van der Waals surface area contributed by atoms with E-state index in [2.05, 4.69) is 53.3 Å². The van der Waals surface area contributed by atoms with Crippen molar-refractivity contribution < 1.29 is 9.90 Å². The Kier molecular flexibility index (Phi) is 6.23. The quantitative estimate of drug-likeness (QED) is 0.617. The van der Waals surface area contributed by atoms with Gasteiger partial charge in [-0.25, -0.2) is 4.79 Å². The van der Waals surface area contributed by atoms with Gasteiger partial charge in [-0.05, 0) is 76.1 Å². The second kappa shape index (κ2) is 7.95. The molecule has 0 atom stereocenters. The highest BCUT2D eigenvalue weighted by Gasteiger charge is 2.37. The lowest BCUT2D eigenvalue weighted by atomic mass is 9.62. The molecule has 1 N–H and O–H groups in total. The molecule has 28 heavy (non-hydrogen) atoms. The summed E-state index contributed by atoms with van der Waals surface area (Å²) >= 11 is 0. The number of fused-ring (bicyclic) bond motifs is 1. The lowest BCUT2D eigenvalue weighted by Crippen LogP contribution is -2.34. The van der Waals surface area contributed by atoms with Gasteiger partial charge in [0.1, 0.15) is 0 Å². The van der Waals surface area contributed by atoms with Gasteiger partial charge in [0.15, 0.2) is 0 Å². The van der Waals surface area contributed by atoms with Crippen molar-refractivity contribution in [1.29, 1.82) is 0 Å². The van der Waals surface area contributed by atoms with Crippen molar-refractivity contribution >= 4 is 11.5 Å². The van der Waals surface area contributed by atoms with Crippen LogP contribution in [0.5, 0.6) is 0 Å². The number of carbonyl (C=O) groups is 1. The van der Waals surface area contributed by atoms with E-state index in [-0.39, 0.29) is 10.8 Å². The molecule has 0 amide bonds. The Morgan fingerprint density at radius 2 is 1.32 bits per heavy atom. The minimum atomic E-state index is -0.906. The average molecular weight is 379 g/mol. The van der Waals surface area contributed by atoms with Gasteiger partial charge >= 0.3 is 5.97 Å². The van der Waals surface area contributed by atoms with Crippen molar-refractivity contribution in [2.45, 2.75) is 72.1 Å². The molecule has 0 fully saturated rings. The summed E-state index contributed by atoms with van der Waals surface area (Å²) in [6, 6.07) is 11.6. The molecule has 0 heterocycles. The lowest BCUT2D eigenvalue weighted by molar-refractivity contribution is 0.0697. The highest BCUT2D eigenvalue weighted by molar-refractivity contribution is 5.89. The fraction of sp³-hybridized carbons (Fsp3) is 0.423. The van der Waals surface area contributed by atoms with Gasteiger partial charge in [-0.3, -0.25) is 0 Å². The number of hydrogen-bond acceptors (Lipinski definition) is 1. The van der Waals surface area contributed by atoms with Crippen molar-refractivity contribution in [2.75, 3.05) is 0 Å². The molecular formula is C26H34O2. The van der Waals surface area contributed by atoms with Crippen LogP contribution in [0.15, 0.2) is 43.0 Å². The number of aryl methyl sites for hydroxylation is 1. The minimum Gasteiger partial charge on any atom is -0.478 e. The lowest BCUT2D eigenvalue weighted by Gasteiger charge is -2.42. The first-order valence-corrected chi connectivity index (χ1v) is 10.2. The zero-order valence-electron chi connectivity index (χ0n) is 18.4. The number of rotatable bonds is 3. The molecule has 2 nitrogen and oxygen atoms in total. The Balaban J connectivity index is 0.00000136. The van der Waals surface area contributed by atoms with Gasteiger partial charge in [0.05, 0.1) is 5.56 Å². The van der Waals surface area contributed by atoms with E-state index >= 15 is 0 Å². The molecule has 2 aromatic rings. The summed E-state index contributed by atoms with van der Waals surface area (Å²) in [5, 5.41) is 9.09. The van der Waals surface area contributed by atoms with Gasteiger partial charge < -0.3 is 5.11 Å². The molecule has 0 aromatic heterocycles. The molecule has 0 saturated carbocycles. The van der Waals surface area contributed by atoms with E-state index < -0.39 is 5.97 Å². The predicted octanol–water partition coefficient (Wildman–Crippen LogP) is 7.13. The Morgan fingerprint density at radius 3 is 1.79 bits per heavy atom. The topological polar surface area (TPSA) is 37.3 Å². The molecular weight excluding hydrogens is 344 g/mol. The van der Waals surface area contributed by atoms with E-state index in [1.54, 1.807) is 12.1 Å². The molecule has 150 valence electrons. The number of carboxylic acids is 1. The summed E-state index contributed by atoms with van der Waals surface area (Å²) < 4.78 is 0. The van der Waals surface area contributed by atoms with E-state index in [1.807, 2.05) is 26.0 Å². The monoisotopic (exact) mass is 378 g/mol. The van der Waals surface area contributed by atoms with E-state index in [1.165, 1.54) is 29.5 Å². The van der Waals surface area contributed by atoms with Crippen molar-refractivity contribution in [1.82, 2.24) is 0 Å². The summed E-state index contributed by atoms with van der Waals surface area (Å²) in [5.41, 5.74) is 7.79. The van der Waals surface area contributed by atoms with Gasteiger partial charge in [-0.2, -0.15) is 0 Å². The van der Waals surface area contributed by atoms with Crippen LogP contribution in [0, 0.1) is 6.92 Å². The molecule has 0 aliphatic heterocycles. The Hall–Kier alpha value is -2.35. The highest BCUT2D eigenvalue weighted by atomic mass is 16.4.